The Morgan fingerprint density at radius 1 is 0.511 bits per heavy atom. The van der Waals surface area contributed by atoms with Gasteiger partial charge < -0.3 is 5.11 Å². The van der Waals surface area contributed by atoms with Gasteiger partial charge in [0.05, 0.1) is 0 Å². The molecule has 0 aliphatic rings. The smallest absolute Gasteiger partial charge is 0.123 e. The van der Waals surface area contributed by atoms with Crippen LogP contribution in [0.4, 0.5) is 0 Å². The molecule has 0 heterocycles. The van der Waals surface area contributed by atoms with Crippen molar-refractivity contribution in [3.8, 4) is 5.75 Å². The quantitative estimate of drug-likeness (QED) is 0.145. The van der Waals surface area contributed by atoms with E-state index in [1.807, 2.05) is 0 Å². The summed E-state index contributed by atoms with van der Waals surface area (Å²) in [5.41, 5.74) is 9.33. The first-order valence-electron chi connectivity index (χ1n) is 17.1. The highest BCUT2D eigenvalue weighted by Gasteiger charge is 2.35. The number of hydrogen-bond donors (Lipinski definition) is 1. The van der Waals surface area contributed by atoms with Gasteiger partial charge in [-0.15, -0.1) is 0 Å². The summed E-state index contributed by atoms with van der Waals surface area (Å²) in [6.07, 6.45) is 3.01. The Morgan fingerprint density at radius 3 is 1.38 bits per heavy atom. The van der Waals surface area contributed by atoms with Gasteiger partial charge in [0, 0.05) is 28.4 Å². The molecule has 0 bridgehead atoms. The number of phenols is 1. The minimum absolute atomic E-state index is 0.0286. The van der Waals surface area contributed by atoms with Crippen LogP contribution in [0.15, 0.2) is 164 Å². The molecule has 47 heavy (non-hydrogen) atoms. The van der Waals surface area contributed by atoms with Gasteiger partial charge in [-0.1, -0.05) is 185 Å². The minimum Gasteiger partial charge on any atom is -0.507 e. The number of rotatable bonds is 12. The number of benzene rings is 6. The Hall–Kier alpha value is -4.88. The fraction of sp³-hybridized carbons (Fsp3) is 0.217. The number of hydrogen-bond acceptors (Lipinski definition) is 1. The van der Waals surface area contributed by atoms with Crippen molar-refractivity contribution in [1.82, 2.24) is 0 Å². The van der Waals surface area contributed by atoms with Crippen LogP contribution in [0.3, 0.4) is 0 Å². The van der Waals surface area contributed by atoms with E-state index in [4.69, 9.17) is 0 Å². The highest BCUT2D eigenvalue weighted by molar-refractivity contribution is 5.55. The lowest BCUT2D eigenvalue weighted by Gasteiger charge is -2.37. The Labute approximate surface area is 281 Å². The molecule has 0 aliphatic heterocycles. The zero-order valence-corrected chi connectivity index (χ0v) is 27.9. The van der Waals surface area contributed by atoms with Crippen molar-refractivity contribution in [3.63, 3.8) is 0 Å². The molecule has 0 radical (unpaired) electrons. The lowest BCUT2D eigenvalue weighted by Crippen LogP contribution is -2.27. The lowest BCUT2D eigenvalue weighted by molar-refractivity contribution is 0.431. The molecule has 0 saturated carbocycles. The molecule has 0 aromatic heterocycles. The van der Waals surface area contributed by atoms with Gasteiger partial charge >= 0.3 is 0 Å². The third-order valence-corrected chi connectivity index (χ3v) is 10.3. The highest BCUT2D eigenvalue weighted by atomic mass is 16.3. The molecule has 0 amide bonds. The maximum Gasteiger partial charge on any atom is 0.123 e. The van der Waals surface area contributed by atoms with Crippen molar-refractivity contribution in [1.29, 1.82) is 0 Å². The van der Waals surface area contributed by atoms with Crippen molar-refractivity contribution in [3.05, 3.63) is 208 Å². The molecule has 1 N–H and O–H groups in total. The zero-order chi connectivity index (χ0) is 32.6. The average molecular weight is 615 g/mol. The Kier molecular flexibility index (Phi) is 10.0. The van der Waals surface area contributed by atoms with Crippen LogP contribution >= 0.6 is 0 Å². The van der Waals surface area contributed by atoms with Gasteiger partial charge in [-0.2, -0.15) is 0 Å². The predicted octanol–water partition coefficient (Wildman–Crippen LogP) is 11.8. The fourth-order valence-electron chi connectivity index (χ4n) is 7.30. The van der Waals surface area contributed by atoms with E-state index >= 15 is 0 Å². The van der Waals surface area contributed by atoms with Crippen LogP contribution < -0.4 is 0 Å². The molecule has 236 valence electrons. The number of phenolic OH excluding ortho intramolecular Hbond substituents is 1. The summed E-state index contributed by atoms with van der Waals surface area (Å²) in [7, 11) is 0. The van der Waals surface area contributed by atoms with Gasteiger partial charge in [0.1, 0.15) is 5.75 Å². The average Bonchev–Trinajstić information content (AvgIpc) is 3.14. The van der Waals surface area contributed by atoms with Crippen LogP contribution in [0.25, 0.3) is 0 Å². The molecule has 6 aromatic carbocycles. The van der Waals surface area contributed by atoms with Gasteiger partial charge in [0.15, 0.2) is 0 Å². The number of aromatic hydroxyl groups is 1. The molecule has 0 fully saturated rings. The molecule has 1 nitrogen and oxygen atoms in total. The predicted molar refractivity (Wildman–Crippen MR) is 197 cm³/mol. The Morgan fingerprint density at radius 2 is 0.915 bits per heavy atom. The monoisotopic (exact) mass is 614 g/mol. The minimum atomic E-state index is -0.317. The third-order valence-electron chi connectivity index (χ3n) is 10.3. The van der Waals surface area contributed by atoms with Crippen molar-refractivity contribution in [2.75, 3.05) is 0 Å². The van der Waals surface area contributed by atoms with E-state index < -0.39 is 0 Å². The van der Waals surface area contributed by atoms with Gasteiger partial charge in [-0.3, -0.25) is 0 Å². The van der Waals surface area contributed by atoms with E-state index in [0.29, 0.717) is 11.7 Å². The second-order valence-corrected chi connectivity index (χ2v) is 13.3. The van der Waals surface area contributed by atoms with Crippen LogP contribution in [-0.4, -0.2) is 5.11 Å². The summed E-state index contributed by atoms with van der Waals surface area (Å²) in [5, 5.41) is 12.1. The molecule has 6 rings (SSSR count). The summed E-state index contributed by atoms with van der Waals surface area (Å²) < 4.78 is 0. The van der Waals surface area contributed by atoms with Crippen LogP contribution in [0, 0.1) is 0 Å². The van der Waals surface area contributed by atoms with Crippen molar-refractivity contribution in [2.24, 2.45) is 0 Å². The van der Waals surface area contributed by atoms with Crippen LogP contribution in [0.2, 0.25) is 0 Å². The largest absolute Gasteiger partial charge is 0.507 e. The first-order chi connectivity index (χ1) is 22.9. The maximum absolute atomic E-state index is 12.1. The van der Waals surface area contributed by atoms with Gasteiger partial charge in [-0.05, 0) is 58.6 Å². The van der Waals surface area contributed by atoms with E-state index in [0.717, 1.165) is 30.4 Å². The summed E-state index contributed by atoms with van der Waals surface area (Å²) in [5.74, 6) is 0.794. The zero-order valence-electron chi connectivity index (χ0n) is 27.9. The third kappa shape index (κ3) is 7.26. The van der Waals surface area contributed by atoms with E-state index in [9.17, 15) is 5.11 Å². The molecule has 0 saturated heterocycles. The van der Waals surface area contributed by atoms with Crippen molar-refractivity contribution >= 4 is 0 Å². The van der Waals surface area contributed by atoms with E-state index in [1.54, 1.807) is 0 Å². The molecule has 4 unspecified atom stereocenters. The standard InChI is InChI=1S/C46H46O/c1-34(37-21-11-5-12-22-37)43-31-42(32-44(45(43)47)35(2)38-23-13-6-14-24-38)46(3,41-27-17-8-18-28-41)33-40(39-25-15-7-16-26-39)30-29-36-19-9-4-10-20-36/h4-28,31-32,34-35,40,47H,29-30,33H2,1-3H3. The molecule has 0 spiro atoms. The van der Waals surface area contributed by atoms with Crippen molar-refractivity contribution < 1.29 is 5.11 Å². The fourth-order valence-corrected chi connectivity index (χ4v) is 7.30. The van der Waals surface area contributed by atoms with Gasteiger partial charge in [0.2, 0.25) is 0 Å². The molecular weight excluding hydrogens is 569 g/mol. The molecule has 4 atom stereocenters. The summed E-state index contributed by atoms with van der Waals surface area (Å²) in [6, 6.07) is 58.7. The van der Waals surface area contributed by atoms with E-state index in [-0.39, 0.29) is 17.3 Å². The summed E-state index contributed by atoms with van der Waals surface area (Å²) in [6.45, 7) is 6.86. The first kappa shape index (κ1) is 32.1. The molecule has 6 aromatic rings. The van der Waals surface area contributed by atoms with Crippen LogP contribution in [0.5, 0.6) is 5.75 Å². The summed E-state index contributed by atoms with van der Waals surface area (Å²) >= 11 is 0. The normalized spacial score (nSPS) is 14.5. The highest BCUT2D eigenvalue weighted by Crippen LogP contribution is 2.47. The second kappa shape index (κ2) is 14.7. The Bertz CT molecular complexity index is 1770. The van der Waals surface area contributed by atoms with Crippen LogP contribution in [-0.2, 0) is 11.8 Å². The summed E-state index contributed by atoms with van der Waals surface area (Å²) in [4.78, 5) is 0. The van der Waals surface area contributed by atoms with E-state index in [2.05, 4.69) is 185 Å². The SMILES string of the molecule is CC(c1ccccc1)c1cc(C(C)(CC(CCc2ccccc2)c2ccccc2)c2ccccc2)cc(C(C)c2ccccc2)c1O. The van der Waals surface area contributed by atoms with E-state index in [1.165, 1.54) is 33.4 Å². The lowest BCUT2D eigenvalue weighted by atomic mass is 9.67. The van der Waals surface area contributed by atoms with Gasteiger partial charge in [-0.25, -0.2) is 0 Å². The number of aryl methyl sites for hydroxylation is 1. The topological polar surface area (TPSA) is 20.2 Å². The van der Waals surface area contributed by atoms with Crippen molar-refractivity contribution in [2.45, 2.75) is 63.2 Å². The second-order valence-electron chi connectivity index (χ2n) is 13.3. The molecule has 0 aliphatic carbocycles. The molecule has 1 heteroatoms. The first-order valence-corrected chi connectivity index (χ1v) is 17.1. The van der Waals surface area contributed by atoms with Gasteiger partial charge in [0.25, 0.3) is 0 Å². The molecular formula is C46H46O. The van der Waals surface area contributed by atoms with Crippen LogP contribution in [0.1, 0.15) is 95.9 Å². The Balaban J connectivity index is 1.51. The maximum atomic E-state index is 12.1.